The minimum absolute atomic E-state index is 0.120. The Balaban J connectivity index is 1.82. The van der Waals surface area contributed by atoms with E-state index in [9.17, 15) is 9.59 Å². The number of carbonyl (C=O) groups excluding carboxylic acids is 2. The molecule has 2 aromatic carbocycles. The molecular formula is C21H26N2O3. The zero-order valence-electron chi connectivity index (χ0n) is 15.5. The first-order valence-corrected chi connectivity index (χ1v) is 8.79. The molecule has 2 rings (SSSR count). The lowest BCUT2D eigenvalue weighted by atomic mass is 10.1. The number of methoxy groups -OCH3 is 1. The SMILES string of the molecule is COc1ccc(CCNC(=O)c2ccc(C(=O)NCC(C)C)cc2)cc1. The summed E-state index contributed by atoms with van der Waals surface area (Å²) in [6.45, 7) is 5.26. The van der Waals surface area contributed by atoms with Crippen molar-refractivity contribution in [3.05, 3.63) is 65.2 Å². The van der Waals surface area contributed by atoms with Gasteiger partial charge in [-0.1, -0.05) is 26.0 Å². The molecule has 0 aliphatic rings. The van der Waals surface area contributed by atoms with Gasteiger partial charge in [-0.15, -0.1) is 0 Å². The Bertz CT molecular complexity index is 722. The van der Waals surface area contributed by atoms with E-state index in [0.29, 0.717) is 30.1 Å². The van der Waals surface area contributed by atoms with Crippen LogP contribution in [0.3, 0.4) is 0 Å². The fourth-order valence-corrected chi connectivity index (χ4v) is 2.39. The Hall–Kier alpha value is -2.82. The highest BCUT2D eigenvalue weighted by Crippen LogP contribution is 2.11. The van der Waals surface area contributed by atoms with Crippen molar-refractivity contribution in [2.45, 2.75) is 20.3 Å². The molecule has 0 bridgehead atoms. The van der Waals surface area contributed by atoms with Gasteiger partial charge in [0.1, 0.15) is 5.75 Å². The topological polar surface area (TPSA) is 67.4 Å². The van der Waals surface area contributed by atoms with Crippen LogP contribution in [0.2, 0.25) is 0 Å². The summed E-state index contributed by atoms with van der Waals surface area (Å²) in [4.78, 5) is 24.2. The zero-order valence-corrected chi connectivity index (χ0v) is 15.5. The van der Waals surface area contributed by atoms with Crippen LogP contribution in [-0.2, 0) is 6.42 Å². The molecular weight excluding hydrogens is 328 g/mol. The number of nitrogens with one attached hydrogen (secondary N) is 2. The number of benzene rings is 2. The number of ether oxygens (including phenoxy) is 1. The van der Waals surface area contributed by atoms with Crippen LogP contribution in [0.15, 0.2) is 48.5 Å². The number of amides is 2. The minimum atomic E-state index is -0.146. The number of rotatable bonds is 8. The summed E-state index contributed by atoms with van der Waals surface area (Å²) in [5.74, 6) is 0.947. The molecule has 0 aliphatic carbocycles. The zero-order chi connectivity index (χ0) is 18.9. The fourth-order valence-electron chi connectivity index (χ4n) is 2.39. The van der Waals surface area contributed by atoms with E-state index in [4.69, 9.17) is 4.74 Å². The molecule has 0 heterocycles. The summed E-state index contributed by atoms with van der Waals surface area (Å²) in [7, 11) is 1.63. The summed E-state index contributed by atoms with van der Waals surface area (Å²) >= 11 is 0. The molecule has 0 spiro atoms. The quantitative estimate of drug-likeness (QED) is 0.766. The molecule has 2 aromatic rings. The van der Waals surface area contributed by atoms with Gasteiger partial charge in [0.15, 0.2) is 0 Å². The highest BCUT2D eigenvalue weighted by molar-refractivity contribution is 5.97. The number of hydrogen-bond acceptors (Lipinski definition) is 3. The molecule has 0 unspecified atom stereocenters. The Morgan fingerprint density at radius 1 is 0.885 bits per heavy atom. The molecule has 0 saturated carbocycles. The molecule has 5 nitrogen and oxygen atoms in total. The second-order valence-corrected chi connectivity index (χ2v) is 6.54. The van der Waals surface area contributed by atoms with Crippen LogP contribution in [0.25, 0.3) is 0 Å². The average molecular weight is 354 g/mol. The number of hydrogen-bond donors (Lipinski definition) is 2. The van der Waals surface area contributed by atoms with Gasteiger partial charge in [-0.05, 0) is 54.3 Å². The fraction of sp³-hybridized carbons (Fsp3) is 0.333. The van der Waals surface area contributed by atoms with E-state index < -0.39 is 0 Å². The first-order chi connectivity index (χ1) is 12.5. The Labute approximate surface area is 154 Å². The van der Waals surface area contributed by atoms with E-state index in [1.807, 2.05) is 38.1 Å². The van der Waals surface area contributed by atoms with Crippen LogP contribution in [0.1, 0.15) is 40.1 Å². The molecule has 0 aliphatic heterocycles. The van der Waals surface area contributed by atoms with Crippen LogP contribution < -0.4 is 15.4 Å². The summed E-state index contributed by atoms with van der Waals surface area (Å²) in [6, 6.07) is 14.5. The van der Waals surface area contributed by atoms with Crippen molar-refractivity contribution in [3.63, 3.8) is 0 Å². The molecule has 0 radical (unpaired) electrons. The summed E-state index contributed by atoms with van der Waals surface area (Å²) < 4.78 is 5.12. The van der Waals surface area contributed by atoms with Crippen LogP contribution >= 0.6 is 0 Å². The third kappa shape index (κ3) is 5.92. The van der Waals surface area contributed by atoms with E-state index in [2.05, 4.69) is 10.6 Å². The van der Waals surface area contributed by atoms with Gasteiger partial charge < -0.3 is 15.4 Å². The van der Waals surface area contributed by atoms with Gasteiger partial charge in [0.2, 0.25) is 0 Å². The molecule has 0 atom stereocenters. The maximum Gasteiger partial charge on any atom is 0.251 e. The van der Waals surface area contributed by atoms with Crippen molar-refractivity contribution in [1.82, 2.24) is 10.6 Å². The van der Waals surface area contributed by atoms with E-state index in [1.165, 1.54) is 0 Å². The minimum Gasteiger partial charge on any atom is -0.497 e. The molecule has 5 heteroatoms. The van der Waals surface area contributed by atoms with Gasteiger partial charge in [0.05, 0.1) is 7.11 Å². The van der Waals surface area contributed by atoms with Crippen molar-refractivity contribution in [1.29, 1.82) is 0 Å². The van der Waals surface area contributed by atoms with E-state index in [-0.39, 0.29) is 11.8 Å². The smallest absolute Gasteiger partial charge is 0.251 e. The van der Waals surface area contributed by atoms with Crippen LogP contribution in [0.4, 0.5) is 0 Å². The summed E-state index contributed by atoms with van der Waals surface area (Å²) in [5.41, 5.74) is 2.23. The lowest BCUT2D eigenvalue weighted by Gasteiger charge is -2.09. The van der Waals surface area contributed by atoms with E-state index in [0.717, 1.165) is 17.7 Å². The van der Waals surface area contributed by atoms with Crippen molar-refractivity contribution >= 4 is 11.8 Å². The maximum absolute atomic E-state index is 12.2. The predicted molar refractivity (Wildman–Crippen MR) is 103 cm³/mol. The van der Waals surface area contributed by atoms with Crippen molar-refractivity contribution in [3.8, 4) is 5.75 Å². The van der Waals surface area contributed by atoms with Gasteiger partial charge in [-0.3, -0.25) is 9.59 Å². The standard InChI is InChI=1S/C21H26N2O3/c1-15(2)14-23-21(25)18-8-6-17(7-9-18)20(24)22-13-12-16-4-10-19(26-3)11-5-16/h4-11,15H,12-14H2,1-3H3,(H,22,24)(H,23,25). The molecule has 138 valence electrons. The summed E-state index contributed by atoms with van der Waals surface area (Å²) in [6.07, 6.45) is 0.741. The Morgan fingerprint density at radius 2 is 1.42 bits per heavy atom. The second-order valence-electron chi connectivity index (χ2n) is 6.54. The molecule has 2 amide bonds. The summed E-state index contributed by atoms with van der Waals surface area (Å²) in [5, 5.41) is 5.75. The van der Waals surface area contributed by atoms with Gasteiger partial charge in [-0.25, -0.2) is 0 Å². The Kier molecular flexibility index (Phi) is 7.21. The third-order valence-electron chi connectivity index (χ3n) is 3.94. The monoisotopic (exact) mass is 354 g/mol. The first-order valence-electron chi connectivity index (χ1n) is 8.79. The van der Waals surface area contributed by atoms with Crippen molar-refractivity contribution in [2.75, 3.05) is 20.2 Å². The highest BCUT2D eigenvalue weighted by atomic mass is 16.5. The number of carbonyl (C=O) groups is 2. The van der Waals surface area contributed by atoms with Gasteiger partial charge in [0, 0.05) is 24.2 Å². The lowest BCUT2D eigenvalue weighted by molar-refractivity contribution is 0.0939. The van der Waals surface area contributed by atoms with E-state index >= 15 is 0 Å². The molecule has 26 heavy (non-hydrogen) atoms. The van der Waals surface area contributed by atoms with Crippen molar-refractivity contribution < 1.29 is 14.3 Å². The van der Waals surface area contributed by atoms with Gasteiger partial charge >= 0.3 is 0 Å². The first kappa shape index (κ1) is 19.5. The largest absolute Gasteiger partial charge is 0.497 e. The second kappa shape index (κ2) is 9.61. The Morgan fingerprint density at radius 3 is 1.92 bits per heavy atom. The lowest BCUT2D eigenvalue weighted by Crippen LogP contribution is -2.28. The van der Waals surface area contributed by atoms with Gasteiger partial charge in [0.25, 0.3) is 11.8 Å². The molecule has 2 N–H and O–H groups in total. The van der Waals surface area contributed by atoms with Crippen LogP contribution in [0.5, 0.6) is 5.75 Å². The van der Waals surface area contributed by atoms with Gasteiger partial charge in [-0.2, -0.15) is 0 Å². The van der Waals surface area contributed by atoms with Crippen molar-refractivity contribution in [2.24, 2.45) is 5.92 Å². The average Bonchev–Trinajstić information content (AvgIpc) is 2.66. The molecule has 0 fully saturated rings. The van der Waals surface area contributed by atoms with E-state index in [1.54, 1.807) is 31.4 Å². The van der Waals surface area contributed by atoms with Crippen LogP contribution in [-0.4, -0.2) is 32.0 Å². The maximum atomic E-state index is 12.2. The normalized spacial score (nSPS) is 10.5. The highest BCUT2D eigenvalue weighted by Gasteiger charge is 2.09. The van der Waals surface area contributed by atoms with Crippen LogP contribution in [0, 0.1) is 5.92 Å². The molecule has 0 saturated heterocycles. The molecule has 0 aromatic heterocycles. The third-order valence-corrected chi connectivity index (χ3v) is 3.94. The predicted octanol–water partition coefficient (Wildman–Crippen LogP) is 3.05.